The van der Waals surface area contributed by atoms with Crippen LogP contribution < -0.4 is 5.32 Å². The normalized spacial score (nSPS) is 20.8. The molecule has 1 aliphatic heterocycles. The molecule has 0 radical (unpaired) electrons. The molecule has 1 N–H and O–H groups in total. The molecule has 1 aromatic carbocycles. The fraction of sp³-hybridized carbons (Fsp3) is 0.400. The summed E-state index contributed by atoms with van der Waals surface area (Å²) in [6, 6.07) is 3.42. The zero-order chi connectivity index (χ0) is 9.97. The summed E-state index contributed by atoms with van der Waals surface area (Å²) in [5.41, 5.74) is 0.599. The molecular weight excluding hydrogens is 224 g/mol. The average molecular weight is 236 g/mol. The first-order valence-electron chi connectivity index (χ1n) is 4.53. The molecule has 1 heterocycles. The molecule has 0 bridgehead atoms. The molecular formula is C10H12ClF2NO. The van der Waals surface area contributed by atoms with Crippen LogP contribution in [0.5, 0.6) is 0 Å². The van der Waals surface area contributed by atoms with Crippen LogP contribution in [0.25, 0.3) is 0 Å². The van der Waals surface area contributed by atoms with Crippen LogP contribution in [0.3, 0.4) is 0 Å². The van der Waals surface area contributed by atoms with Crippen LogP contribution in [0.15, 0.2) is 18.2 Å². The number of morpholine rings is 1. The standard InChI is InChI=1S/C10H11F2NO.ClH/c11-8-3-7(4-9(12)5-8)10-6-14-2-1-13-10;/h3-5,10,13H,1-2,6H2;1H. The fourth-order valence-corrected chi connectivity index (χ4v) is 1.56. The third kappa shape index (κ3) is 3.12. The molecule has 1 aliphatic rings. The molecule has 0 aromatic heterocycles. The summed E-state index contributed by atoms with van der Waals surface area (Å²) < 4.78 is 31.0. The van der Waals surface area contributed by atoms with Crippen molar-refractivity contribution in [2.24, 2.45) is 0 Å². The molecule has 1 aromatic rings. The molecule has 2 rings (SSSR count). The first-order chi connectivity index (χ1) is 6.75. The second-order valence-electron chi connectivity index (χ2n) is 3.28. The number of nitrogens with one attached hydrogen (secondary N) is 1. The molecule has 1 unspecified atom stereocenters. The van der Waals surface area contributed by atoms with Gasteiger partial charge < -0.3 is 10.1 Å². The van der Waals surface area contributed by atoms with E-state index in [0.717, 1.165) is 6.07 Å². The summed E-state index contributed by atoms with van der Waals surface area (Å²) in [6.45, 7) is 1.82. The minimum Gasteiger partial charge on any atom is -0.378 e. The van der Waals surface area contributed by atoms with Crippen LogP contribution in [-0.2, 0) is 4.74 Å². The van der Waals surface area contributed by atoms with Gasteiger partial charge >= 0.3 is 0 Å². The van der Waals surface area contributed by atoms with Crippen LogP contribution in [0.1, 0.15) is 11.6 Å². The van der Waals surface area contributed by atoms with E-state index in [9.17, 15) is 8.78 Å². The zero-order valence-corrected chi connectivity index (χ0v) is 8.82. The summed E-state index contributed by atoms with van der Waals surface area (Å²) in [4.78, 5) is 0. The summed E-state index contributed by atoms with van der Waals surface area (Å²) in [5.74, 6) is -1.10. The second kappa shape index (κ2) is 5.39. The highest BCUT2D eigenvalue weighted by Gasteiger charge is 2.16. The Kier molecular flexibility index (Phi) is 4.45. The quantitative estimate of drug-likeness (QED) is 0.805. The topological polar surface area (TPSA) is 21.3 Å². The van der Waals surface area contributed by atoms with E-state index in [2.05, 4.69) is 5.32 Å². The molecule has 0 amide bonds. The van der Waals surface area contributed by atoms with Gasteiger partial charge in [0, 0.05) is 12.6 Å². The minimum atomic E-state index is -0.549. The monoisotopic (exact) mass is 235 g/mol. The zero-order valence-electron chi connectivity index (χ0n) is 8.00. The van der Waals surface area contributed by atoms with Gasteiger partial charge in [0.1, 0.15) is 11.6 Å². The predicted molar refractivity (Wildman–Crippen MR) is 55.2 cm³/mol. The van der Waals surface area contributed by atoms with Crippen molar-refractivity contribution in [3.8, 4) is 0 Å². The Morgan fingerprint density at radius 1 is 1.20 bits per heavy atom. The maximum atomic E-state index is 12.9. The molecule has 1 atom stereocenters. The molecule has 5 heteroatoms. The highest BCUT2D eigenvalue weighted by atomic mass is 35.5. The van der Waals surface area contributed by atoms with Crippen molar-refractivity contribution in [3.63, 3.8) is 0 Å². The molecule has 0 saturated carbocycles. The van der Waals surface area contributed by atoms with Gasteiger partial charge in [0.25, 0.3) is 0 Å². The van der Waals surface area contributed by atoms with Gasteiger partial charge in [-0.2, -0.15) is 0 Å². The van der Waals surface area contributed by atoms with Gasteiger partial charge in [-0.05, 0) is 17.7 Å². The van der Waals surface area contributed by atoms with Gasteiger partial charge in [-0.15, -0.1) is 12.4 Å². The Hall–Kier alpha value is -0.710. The number of ether oxygens (including phenoxy) is 1. The van der Waals surface area contributed by atoms with Crippen molar-refractivity contribution in [2.45, 2.75) is 6.04 Å². The molecule has 0 spiro atoms. The fourth-order valence-electron chi connectivity index (χ4n) is 1.56. The SMILES string of the molecule is Cl.Fc1cc(F)cc(C2COCCN2)c1. The van der Waals surface area contributed by atoms with Crippen molar-refractivity contribution in [2.75, 3.05) is 19.8 Å². The maximum Gasteiger partial charge on any atom is 0.126 e. The van der Waals surface area contributed by atoms with Crippen LogP contribution in [-0.4, -0.2) is 19.8 Å². The lowest BCUT2D eigenvalue weighted by Crippen LogP contribution is -2.34. The molecule has 84 valence electrons. The minimum absolute atomic E-state index is 0. The van der Waals surface area contributed by atoms with Crippen LogP contribution in [0.2, 0.25) is 0 Å². The number of halogens is 3. The third-order valence-electron chi connectivity index (χ3n) is 2.21. The van der Waals surface area contributed by atoms with Gasteiger partial charge in [-0.1, -0.05) is 0 Å². The molecule has 15 heavy (non-hydrogen) atoms. The highest BCUT2D eigenvalue weighted by Crippen LogP contribution is 2.18. The van der Waals surface area contributed by atoms with Gasteiger partial charge in [-0.3, -0.25) is 0 Å². The van der Waals surface area contributed by atoms with E-state index in [1.54, 1.807) is 0 Å². The predicted octanol–water partition coefficient (Wildman–Crippen LogP) is 2.05. The number of hydrogen-bond acceptors (Lipinski definition) is 2. The summed E-state index contributed by atoms with van der Waals surface area (Å²) in [5, 5.41) is 3.13. The Morgan fingerprint density at radius 3 is 2.40 bits per heavy atom. The summed E-state index contributed by atoms with van der Waals surface area (Å²) >= 11 is 0. The summed E-state index contributed by atoms with van der Waals surface area (Å²) in [6.07, 6.45) is 0. The van der Waals surface area contributed by atoms with E-state index in [-0.39, 0.29) is 18.4 Å². The Bertz CT molecular complexity index is 309. The molecule has 0 aliphatic carbocycles. The largest absolute Gasteiger partial charge is 0.378 e. The first kappa shape index (κ1) is 12.4. The van der Waals surface area contributed by atoms with E-state index in [4.69, 9.17) is 4.74 Å². The van der Waals surface area contributed by atoms with E-state index in [1.165, 1.54) is 12.1 Å². The Balaban J connectivity index is 0.00000112. The number of hydrogen-bond donors (Lipinski definition) is 1. The highest BCUT2D eigenvalue weighted by molar-refractivity contribution is 5.85. The molecule has 1 fully saturated rings. The van der Waals surface area contributed by atoms with Gasteiger partial charge in [-0.25, -0.2) is 8.78 Å². The van der Waals surface area contributed by atoms with E-state index >= 15 is 0 Å². The van der Waals surface area contributed by atoms with Gasteiger partial charge in [0.2, 0.25) is 0 Å². The number of benzene rings is 1. The lowest BCUT2D eigenvalue weighted by atomic mass is 10.1. The first-order valence-corrected chi connectivity index (χ1v) is 4.53. The number of rotatable bonds is 1. The lowest BCUT2D eigenvalue weighted by Gasteiger charge is -2.24. The van der Waals surface area contributed by atoms with Gasteiger partial charge in [0.15, 0.2) is 0 Å². The summed E-state index contributed by atoms with van der Waals surface area (Å²) in [7, 11) is 0. The van der Waals surface area contributed by atoms with Crippen LogP contribution in [0.4, 0.5) is 8.78 Å². The van der Waals surface area contributed by atoms with Crippen molar-refractivity contribution in [3.05, 3.63) is 35.4 Å². The van der Waals surface area contributed by atoms with Crippen molar-refractivity contribution >= 4 is 12.4 Å². The smallest absolute Gasteiger partial charge is 0.126 e. The van der Waals surface area contributed by atoms with Crippen LogP contribution >= 0.6 is 12.4 Å². The Labute approximate surface area is 93.0 Å². The second-order valence-corrected chi connectivity index (χ2v) is 3.28. The average Bonchev–Trinajstić information content (AvgIpc) is 2.18. The van der Waals surface area contributed by atoms with Crippen molar-refractivity contribution in [1.29, 1.82) is 0 Å². The lowest BCUT2D eigenvalue weighted by molar-refractivity contribution is 0.0767. The van der Waals surface area contributed by atoms with Crippen LogP contribution in [0, 0.1) is 11.6 Å². The van der Waals surface area contributed by atoms with Crippen molar-refractivity contribution in [1.82, 2.24) is 5.32 Å². The molecule has 2 nitrogen and oxygen atoms in total. The molecule has 1 saturated heterocycles. The van der Waals surface area contributed by atoms with Crippen molar-refractivity contribution < 1.29 is 13.5 Å². The maximum absolute atomic E-state index is 12.9. The van der Waals surface area contributed by atoms with E-state index in [0.29, 0.717) is 25.3 Å². The Morgan fingerprint density at radius 2 is 1.87 bits per heavy atom. The van der Waals surface area contributed by atoms with E-state index < -0.39 is 11.6 Å². The van der Waals surface area contributed by atoms with E-state index in [1.807, 2.05) is 0 Å². The third-order valence-corrected chi connectivity index (χ3v) is 2.21. The van der Waals surface area contributed by atoms with Gasteiger partial charge in [0.05, 0.1) is 19.3 Å².